The highest BCUT2D eigenvalue weighted by molar-refractivity contribution is 7.10. The normalized spacial score (nSPS) is 18.4. The van der Waals surface area contributed by atoms with Gasteiger partial charge in [0.2, 0.25) is 0 Å². The van der Waals surface area contributed by atoms with E-state index in [0.717, 1.165) is 12.8 Å². The molecule has 0 spiro atoms. The van der Waals surface area contributed by atoms with Crippen LogP contribution in [0.5, 0.6) is 0 Å². The van der Waals surface area contributed by atoms with Crippen molar-refractivity contribution in [1.29, 1.82) is 0 Å². The summed E-state index contributed by atoms with van der Waals surface area (Å²) in [5, 5.41) is 2.08. The van der Waals surface area contributed by atoms with Crippen molar-refractivity contribution in [2.75, 3.05) is 6.67 Å². The summed E-state index contributed by atoms with van der Waals surface area (Å²) in [6.45, 7) is 5.93. The van der Waals surface area contributed by atoms with E-state index < -0.39 is 0 Å². The molecule has 0 N–H and O–H groups in total. The molecule has 1 aliphatic rings. The van der Waals surface area contributed by atoms with Crippen molar-refractivity contribution in [2.24, 2.45) is 0 Å². The maximum Gasteiger partial charge on any atom is 0.0998 e. The molecule has 0 nitrogen and oxygen atoms in total. The molecule has 1 fully saturated rings. The van der Waals surface area contributed by atoms with Crippen LogP contribution < -0.4 is 0 Å². The van der Waals surface area contributed by atoms with E-state index in [2.05, 4.69) is 18.4 Å². The Balaban J connectivity index is 0.000000531. The summed E-state index contributed by atoms with van der Waals surface area (Å²) in [6.07, 6.45) is 4.48. The number of halogens is 1. The standard InChI is InChI=1S/C11H15FS.C2H6/c1-9-4-7-13-10(9)11(8-12)5-2-3-6-11;1-2/h4,7H,2-3,5-6,8H2,1H3;1-2H3. The van der Waals surface area contributed by atoms with Gasteiger partial charge in [0.05, 0.1) is 6.67 Å². The van der Waals surface area contributed by atoms with Crippen LogP contribution in [0.1, 0.15) is 50.0 Å². The van der Waals surface area contributed by atoms with Crippen LogP contribution in [0, 0.1) is 6.92 Å². The topological polar surface area (TPSA) is 0 Å². The lowest BCUT2D eigenvalue weighted by molar-refractivity contribution is 0.313. The van der Waals surface area contributed by atoms with Crippen LogP contribution in [0.25, 0.3) is 0 Å². The zero-order valence-electron chi connectivity index (χ0n) is 9.98. The van der Waals surface area contributed by atoms with Crippen molar-refractivity contribution in [1.82, 2.24) is 0 Å². The molecule has 0 amide bonds. The third-order valence-electron chi connectivity index (χ3n) is 3.16. The van der Waals surface area contributed by atoms with Gasteiger partial charge in [0.15, 0.2) is 0 Å². The quantitative estimate of drug-likeness (QED) is 0.678. The third-order valence-corrected chi connectivity index (χ3v) is 4.42. The Kier molecular flexibility index (Phi) is 4.78. The molecule has 0 atom stereocenters. The number of rotatable bonds is 2. The second kappa shape index (κ2) is 5.64. The molecule has 0 aliphatic heterocycles. The van der Waals surface area contributed by atoms with Gasteiger partial charge in [-0.05, 0) is 36.8 Å². The highest BCUT2D eigenvalue weighted by atomic mass is 32.1. The van der Waals surface area contributed by atoms with Gasteiger partial charge in [-0.15, -0.1) is 11.3 Å². The van der Waals surface area contributed by atoms with Crippen molar-refractivity contribution in [3.8, 4) is 0 Å². The van der Waals surface area contributed by atoms with Gasteiger partial charge >= 0.3 is 0 Å². The number of hydrogen-bond acceptors (Lipinski definition) is 1. The van der Waals surface area contributed by atoms with Crippen molar-refractivity contribution >= 4 is 11.3 Å². The first-order valence-electron chi connectivity index (χ1n) is 5.89. The molecular formula is C13H21FS. The predicted molar refractivity (Wildman–Crippen MR) is 66.5 cm³/mol. The van der Waals surface area contributed by atoms with E-state index in [-0.39, 0.29) is 12.1 Å². The molecule has 1 heterocycles. The fourth-order valence-electron chi connectivity index (χ4n) is 2.39. The van der Waals surface area contributed by atoms with Gasteiger partial charge in [-0.3, -0.25) is 4.39 Å². The molecule has 1 aromatic rings. The Labute approximate surface area is 96.5 Å². The average Bonchev–Trinajstić information content (AvgIpc) is 2.90. The first-order chi connectivity index (χ1) is 7.28. The molecule has 2 rings (SSSR count). The summed E-state index contributed by atoms with van der Waals surface area (Å²) >= 11 is 1.73. The molecule has 15 heavy (non-hydrogen) atoms. The molecule has 0 radical (unpaired) electrons. The van der Waals surface area contributed by atoms with Gasteiger partial charge in [0, 0.05) is 10.3 Å². The van der Waals surface area contributed by atoms with Crippen molar-refractivity contribution in [3.05, 3.63) is 21.9 Å². The minimum Gasteiger partial charge on any atom is -0.250 e. The number of hydrogen-bond donors (Lipinski definition) is 0. The molecule has 1 aliphatic carbocycles. The van der Waals surface area contributed by atoms with E-state index >= 15 is 0 Å². The zero-order chi connectivity index (χ0) is 11.3. The second-order valence-corrected chi connectivity index (χ2v) is 4.97. The van der Waals surface area contributed by atoms with Crippen molar-refractivity contribution < 1.29 is 4.39 Å². The summed E-state index contributed by atoms with van der Waals surface area (Å²) in [4.78, 5) is 1.30. The first kappa shape index (κ1) is 12.7. The predicted octanol–water partition coefficient (Wildman–Crippen LogP) is 4.86. The van der Waals surface area contributed by atoms with Crippen LogP contribution in [0.4, 0.5) is 4.39 Å². The molecule has 86 valence electrons. The van der Waals surface area contributed by atoms with Gasteiger partial charge < -0.3 is 0 Å². The van der Waals surface area contributed by atoms with Gasteiger partial charge in [0.1, 0.15) is 0 Å². The average molecular weight is 228 g/mol. The number of thiophene rings is 1. The largest absolute Gasteiger partial charge is 0.250 e. The fraction of sp³-hybridized carbons (Fsp3) is 0.692. The van der Waals surface area contributed by atoms with E-state index in [1.165, 1.54) is 23.3 Å². The molecule has 0 bridgehead atoms. The van der Waals surface area contributed by atoms with Crippen LogP contribution in [0.2, 0.25) is 0 Å². The van der Waals surface area contributed by atoms with Crippen molar-refractivity contribution in [3.63, 3.8) is 0 Å². The van der Waals surface area contributed by atoms with Gasteiger partial charge in [-0.2, -0.15) is 0 Å². The van der Waals surface area contributed by atoms with Gasteiger partial charge in [-0.1, -0.05) is 26.7 Å². The summed E-state index contributed by atoms with van der Waals surface area (Å²) in [5.41, 5.74) is 1.18. The molecule has 1 saturated carbocycles. The Morgan fingerprint density at radius 1 is 1.33 bits per heavy atom. The summed E-state index contributed by atoms with van der Waals surface area (Å²) < 4.78 is 13.1. The minimum atomic E-state index is -0.172. The molecule has 2 heteroatoms. The lowest BCUT2D eigenvalue weighted by Crippen LogP contribution is -2.24. The van der Waals surface area contributed by atoms with Crippen LogP contribution >= 0.6 is 11.3 Å². The zero-order valence-corrected chi connectivity index (χ0v) is 10.8. The summed E-state index contributed by atoms with van der Waals surface area (Å²) in [5.74, 6) is 0. The smallest absolute Gasteiger partial charge is 0.0998 e. The third kappa shape index (κ3) is 2.41. The van der Waals surface area contributed by atoms with Gasteiger partial charge in [-0.25, -0.2) is 0 Å². The van der Waals surface area contributed by atoms with Crippen LogP contribution in [0.3, 0.4) is 0 Å². The van der Waals surface area contributed by atoms with E-state index in [1.54, 1.807) is 11.3 Å². The summed E-state index contributed by atoms with van der Waals surface area (Å²) in [6, 6.07) is 2.11. The van der Waals surface area contributed by atoms with E-state index in [1.807, 2.05) is 13.8 Å². The van der Waals surface area contributed by atoms with Crippen LogP contribution in [-0.4, -0.2) is 6.67 Å². The first-order valence-corrected chi connectivity index (χ1v) is 6.77. The Morgan fingerprint density at radius 2 is 1.93 bits per heavy atom. The maximum absolute atomic E-state index is 13.1. The lowest BCUT2D eigenvalue weighted by Gasteiger charge is -2.24. The molecule has 0 saturated heterocycles. The lowest BCUT2D eigenvalue weighted by atomic mass is 9.84. The maximum atomic E-state index is 13.1. The number of aryl methyl sites for hydroxylation is 1. The van der Waals surface area contributed by atoms with Crippen LogP contribution in [-0.2, 0) is 5.41 Å². The number of alkyl halides is 1. The SMILES string of the molecule is CC.Cc1ccsc1C1(CF)CCCC1. The van der Waals surface area contributed by atoms with Crippen molar-refractivity contribution in [2.45, 2.75) is 51.9 Å². The van der Waals surface area contributed by atoms with E-state index in [0.29, 0.717) is 0 Å². The molecule has 0 aromatic carbocycles. The highest BCUT2D eigenvalue weighted by Crippen LogP contribution is 2.44. The van der Waals surface area contributed by atoms with Gasteiger partial charge in [0.25, 0.3) is 0 Å². The van der Waals surface area contributed by atoms with Crippen LogP contribution in [0.15, 0.2) is 11.4 Å². The van der Waals surface area contributed by atoms with E-state index in [4.69, 9.17) is 0 Å². The monoisotopic (exact) mass is 228 g/mol. The molecule has 1 aromatic heterocycles. The Bertz CT molecular complexity index is 284. The summed E-state index contributed by atoms with van der Waals surface area (Å²) in [7, 11) is 0. The molecular weight excluding hydrogens is 207 g/mol. The minimum absolute atomic E-state index is 0.0990. The fourth-order valence-corrected chi connectivity index (χ4v) is 3.56. The Morgan fingerprint density at radius 3 is 2.33 bits per heavy atom. The Hall–Kier alpha value is -0.370. The molecule has 0 unspecified atom stereocenters. The second-order valence-electron chi connectivity index (χ2n) is 4.05. The van der Waals surface area contributed by atoms with E-state index in [9.17, 15) is 4.39 Å². The highest BCUT2D eigenvalue weighted by Gasteiger charge is 2.37.